The predicted molar refractivity (Wildman–Crippen MR) is 126 cm³/mol. The first-order chi connectivity index (χ1) is 16.1. The van der Waals surface area contributed by atoms with Crippen LogP contribution in [-0.4, -0.2) is 46.5 Å². The molecule has 2 saturated heterocycles. The Morgan fingerprint density at radius 3 is 2.88 bits per heavy atom. The van der Waals surface area contributed by atoms with Gasteiger partial charge in [-0.2, -0.15) is 0 Å². The topological polar surface area (TPSA) is 74.4 Å². The summed E-state index contributed by atoms with van der Waals surface area (Å²) in [5, 5.41) is 4.76. The number of amides is 2. The first-order valence-corrected chi connectivity index (χ1v) is 11.7. The first-order valence-electron chi connectivity index (χ1n) is 11.3. The third-order valence-corrected chi connectivity index (χ3v) is 7.59. The zero-order valence-corrected chi connectivity index (χ0v) is 18.7. The molecule has 33 heavy (non-hydrogen) atoms. The fraction of sp³-hybridized carbons (Fsp3) is 0.308. The second kappa shape index (κ2) is 7.75. The molecule has 1 spiro atoms. The lowest BCUT2D eigenvalue weighted by atomic mass is 9.77. The van der Waals surface area contributed by atoms with Gasteiger partial charge in [-0.1, -0.05) is 60.2 Å². The van der Waals surface area contributed by atoms with Gasteiger partial charge in [0, 0.05) is 35.2 Å². The average Bonchev–Trinajstić information content (AvgIpc) is 3.57. The van der Waals surface area contributed by atoms with Crippen LogP contribution in [0.2, 0.25) is 5.02 Å². The van der Waals surface area contributed by atoms with E-state index in [1.807, 2.05) is 59.6 Å². The molecule has 0 aliphatic carbocycles. The van der Waals surface area contributed by atoms with Gasteiger partial charge in [-0.3, -0.25) is 9.59 Å². The predicted octanol–water partition coefficient (Wildman–Crippen LogP) is 3.46. The number of carbonyl (C=O) groups is 2. The van der Waals surface area contributed by atoms with Gasteiger partial charge in [0.25, 0.3) is 0 Å². The molecule has 2 N–H and O–H groups in total. The molecule has 6 rings (SSSR count). The van der Waals surface area contributed by atoms with Crippen molar-refractivity contribution in [3.63, 3.8) is 0 Å². The number of para-hydroxylation sites is 1. The Kier molecular flexibility index (Phi) is 4.82. The highest BCUT2D eigenvalue weighted by atomic mass is 35.5. The molecule has 6 nitrogen and oxygen atoms in total. The number of aromatic amines is 1. The van der Waals surface area contributed by atoms with E-state index in [0.717, 1.165) is 17.5 Å². The molecule has 0 unspecified atom stereocenters. The second-order valence-corrected chi connectivity index (χ2v) is 9.49. The van der Waals surface area contributed by atoms with E-state index in [-0.39, 0.29) is 17.9 Å². The normalized spacial score (nSPS) is 27.5. The van der Waals surface area contributed by atoms with E-state index in [1.54, 1.807) is 6.07 Å². The Morgan fingerprint density at radius 1 is 1.18 bits per heavy atom. The monoisotopic (exact) mass is 461 g/mol. The zero-order chi connectivity index (χ0) is 22.6. The lowest BCUT2D eigenvalue weighted by molar-refractivity contribution is -0.137. The van der Waals surface area contributed by atoms with Crippen LogP contribution in [0.5, 0.6) is 0 Å². The summed E-state index contributed by atoms with van der Waals surface area (Å²) in [6, 6.07) is 15.6. The van der Waals surface area contributed by atoms with Gasteiger partial charge in [-0.05, 0) is 29.7 Å². The van der Waals surface area contributed by atoms with Crippen LogP contribution < -0.4 is 5.32 Å². The van der Waals surface area contributed by atoms with Crippen molar-refractivity contribution in [2.24, 2.45) is 11.8 Å². The van der Waals surface area contributed by atoms with Crippen LogP contribution in [0, 0.1) is 11.8 Å². The van der Waals surface area contributed by atoms with Crippen molar-refractivity contribution < 1.29 is 14.3 Å². The van der Waals surface area contributed by atoms with Gasteiger partial charge in [0.2, 0.25) is 11.8 Å². The molecule has 0 radical (unpaired) electrons. The molecular formula is C26H24ClN3O3. The Morgan fingerprint density at radius 2 is 2.00 bits per heavy atom. The van der Waals surface area contributed by atoms with Gasteiger partial charge in [0.1, 0.15) is 5.60 Å². The van der Waals surface area contributed by atoms with Crippen LogP contribution in [0.15, 0.2) is 66.9 Å². The van der Waals surface area contributed by atoms with Gasteiger partial charge in [-0.25, -0.2) is 0 Å². The van der Waals surface area contributed by atoms with Crippen LogP contribution in [-0.2, 0) is 27.3 Å². The van der Waals surface area contributed by atoms with Crippen molar-refractivity contribution in [2.45, 2.75) is 24.7 Å². The van der Waals surface area contributed by atoms with E-state index >= 15 is 0 Å². The number of nitrogens with one attached hydrogen (secondary N) is 2. The largest absolute Gasteiger partial charge is 0.361 e. The minimum atomic E-state index is -0.700. The maximum absolute atomic E-state index is 13.4. The molecule has 4 heterocycles. The highest BCUT2D eigenvalue weighted by Gasteiger charge is 2.66. The molecule has 2 bridgehead atoms. The molecule has 2 aromatic carbocycles. The number of rotatable bonds is 6. The molecule has 7 heteroatoms. The minimum absolute atomic E-state index is 0.000384. The van der Waals surface area contributed by atoms with Crippen molar-refractivity contribution in [3.8, 4) is 0 Å². The number of benzene rings is 2. The molecule has 3 aliphatic rings. The first kappa shape index (κ1) is 20.5. The molecular weight excluding hydrogens is 438 g/mol. The maximum Gasteiger partial charge on any atom is 0.230 e. The van der Waals surface area contributed by atoms with Crippen molar-refractivity contribution in [2.75, 3.05) is 13.1 Å². The summed E-state index contributed by atoms with van der Waals surface area (Å²) in [6.07, 6.45) is 6.32. The smallest absolute Gasteiger partial charge is 0.230 e. The molecule has 168 valence electrons. The molecule has 2 fully saturated rings. The highest BCUT2D eigenvalue weighted by Crippen LogP contribution is 2.51. The number of fused-ring (bicyclic) bond motifs is 2. The number of ether oxygens (including phenoxy) is 1. The van der Waals surface area contributed by atoms with Gasteiger partial charge in [-0.15, -0.1) is 0 Å². The highest BCUT2D eigenvalue weighted by molar-refractivity contribution is 6.31. The molecule has 0 saturated carbocycles. The number of halogens is 1. The van der Waals surface area contributed by atoms with Crippen LogP contribution in [0.4, 0.5) is 0 Å². The Balaban J connectivity index is 1.17. The van der Waals surface area contributed by atoms with E-state index in [9.17, 15) is 9.59 Å². The third kappa shape index (κ3) is 3.28. The quantitative estimate of drug-likeness (QED) is 0.552. The number of carbonyl (C=O) groups excluding carboxylic acids is 2. The summed E-state index contributed by atoms with van der Waals surface area (Å²) in [7, 11) is 0. The Bertz CT molecular complexity index is 1280. The Labute approximate surface area is 196 Å². The van der Waals surface area contributed by atoms with Gasteiger partial charge in [0.05, 0.1) is 24.5 Å². The Hall–Kier alpha value is -3.09. The fourth-order valence-corrected chi connectivity index (χ4v) is 5.81. The van der Waals surface area contributed by atoms with Crippen molar-refractivity contribution in [1.29, 1.82) is 0 Å². The summed E-state index contributed by atoms with van der Waals surface area (Å²) >= 11 is 6.22. The number of hydrogen-bond donors (Lipinski definition) is 2. The van der Waals surface area contributed by atoms with E-state index in [4.69, 9.17) is 16.3 Å². The summed E-state index contributed by atoms with van der Waals surface area (Å²) in [4.78, 5) is 31.7. The average molecular weight is 462 g/mol. The summed E-state index contributed by atoms with van der Waals surface area (Å²) in [5.74, 6) is -1.17. The van der Waals surface area contributed by atoms with Crippen molar-refractivity contribution in [1.82, 2.24) is 15.2 Å². The molecule has 4 atom stereocenters. The standard InChI is InChI=1S/C26H24ClN3O3/c27-19-7-3-1-5-17(19)14-29-24(31)22-21-9-11-26(33-21)15-30(25(32)23(22)26)12-10-16-13-28-20-8-4-2-6-18(16)20/h1-9,11,13,21-23,28H,10,12,14-15H2,(H,29,31)/t21-,22+,23-,26-/m1/s1. The van der Waals surface area contributed by atoms with Gasteiger partial charge < -0.3 is 19.9 Å². The van der Waals surface area contributed by atoms with Crippen LogP contribution in [0.25, 0.3) is 10.9 Å². The summed E-state index contributed by atoms with van der Waals surface area (Å²) in [6.45, 7) is 1.40. The van der Waals surface area contributed by atoms with E-state index in [1.165, 1.54) is 10.9 Å². The molecule has 3 aliphatic heterocycles. The number of nitrogens with zero attached hydrogens (tertiary/aromatic N) is 1. The number of hydrogen-bond acceptors (Lipinski definition) is 3. The maximum atomic E-state index is 13.4. The lowest BCUT2D eigenvalue weighted by Gasteiger charge is -2.23. The van der Waals surface area contributed by atoms with Crippen molar-refractivity contribution >= 4 is 34.3 Å². The van der Waals surface area contributed by atoms with Crippen LogP contribution >= 0.6 is 11.6 Å². The number of H-pyrrole nitrogens is 1. The van der Waals surface area contributed by atoms with E-state index in [0.29, 0.717) is 24.7 Å². The number of aromatic nitrogens is 1. The van der Waals surface area contributed by atoms with Crippen molar-refractivity contribution in [3.05, 3.63) is 83.0 Å². The SMILES string of the molecule is O=C(NCc1ccccc1Cl)[C@H]1[C@H]2C=C[C@]3(CN(CCc4c[nH]c5ccccc45)C(=O)[C@@H]13)O2. The third-order valence-electron chi connectivity index (χ3n) is 7.22. The van der Waals surface area contributed by atoms with E-state index in [2.05, 4.69) is 16.4 Å². The van der Waals surface area contributed by atoms with Gasteiger partial charge >= 0.3 is 0 Å². The van der Waals surface area contributed by atoms with Crippen LogP contribution in [0.3, 0.4) is 0 Å². The number of likely N-dealkylation sites (tertiary alicyclic amines) is 1. The summed E-state index contributed by atoms with van der Waals surface area (Å²) in [5.41, 5.74) is 2.42. The fourth-order valence-electron chi connectivity index (χ4n) is 5.60. The molecule has 3 aromatic rings. The lowest BCUT2D eigenvalue weighted by Crippen LogP contribution is -2.44. The minimum Gasteiger partial charge on any atom is -0.361 e. The molecule has 2 amide bonds. The second-order valence-electron chi connectivity index (χ2n) is 9.08. The summed E-state index contributed by atoms with van der Waals surface area (Å²) < 4.78 is 6.23. The molecule has 1 aromatic heterocycles. The van der Waals surface area contributed by atoms with E-state index < -0.39 is 17.4 Å². The van der Waals surface area contributed by atoms with Gasteiger partial charge in [0.15, 0.2) is 0 Å². The van der Waals surface area contributed by atoms with Crippen LogP contribution in [0.1, 0.15) is 11.1 Å². The zero-order valence-electron chi connectivity index (χ0n) is 18.0.